The highest BCUT2D eigenvalue weighted by Gasteiger charge is 2.26. The number of guanidine groups is 1. The van der Waals surface area contributed by atoms with E-state index in [9.17, 15) is 4.79 Å². The van der Waals surface area contributed by atoms with Gasteiger partial charge in [-0.05, 0) is 37.8 Å². The molecule has 0 saturated carbocycles. The molecule has 0 atom stereocenters. The Morgan fingerprint density at radius 1 is 1.38 bits per heavy atom. The van der Waals surface area contributed by atoms with Crippen LogP contribution in [0.2, 0.25) is 5.02 Å². The van der Waals surface area contributed by atoms with Crippen LogP contribution in [0.4, 0.5) is 0 Å². The molecule has 0 unspecified atom stereocenters. The number of ether oxygens (including phenoxy) is 1. The first-order valence-electron chi connectivity index (χ1n) is 8.50. The number of esters is 1. The van der Waals surface area contributed by atoms with E-state index in [2.05, 4.69) is 17.1 Å². The third kappa shape index (κ3) is 5.13. The van der Waals surface area contributed by atoms with Crippen molar-refractivity contribution in [1.29, 1.82) is 0 Å². The summed E-state index contributed by atoms with van der Waals surface area (Å²) in [5.74, 6) is 0.820. The second-order valence-corrected chi connectivity index (χ2v) is 6.27. The fourth-order valence-corrected chi connectivity index (χ4v) is 3.13. The van der Waals surface area contributed by atoms with Crippen molar-refractivity contribution in [2.75, 3.05) is 33.3 Å². The fourth-order valence-electron chi connectivity index (χ4n) is 2.90. The number of rotatable bonds is 5. The number of piperidine rings is 1. The zero-order valence-electron chi connectivity index (χ0n) is 14.4. The quantitative estimate of drug-likeness (QED) is 0.503. The van der Waals surface area contributed by atoms with E-state index in [-0.39, 0.29) is 11.9 Å². The lowest BCUT2D eigenvalue weighted by molar-refractivity contribution is -0.146. The topological polar surface area (TPSA) is 53.9 Å². The first-order valence-corrected chi connectivity index (χ1v) is 8.88. The van der Waals surface area contributed by atoms with Gasteiger partial charge in [-0.1, -0.05) is 29.8 Å². The number of aliphatic imine (C=N–C) groups is 1. The van der Waals surface area contributed by atoms with Crippen molar-refractivity contribution in [2.24, 2.45) is 10.9 Å². The molecule has 0 aliphatic carbocycles. The summed E-state index contributed by atoms with van der Waals surface area (Å²) < 4.78 is 4.84. The molecule has 0 amide bonds. The Hall–Kier alpha value is -1.75. The zero-order valence-corrected chi connectivity index (χ0v) is 15.2. The van der Waals surface area contributed by atoms with Crippen molar-refractivity contribution in [3.63, 3.8) is 0 Å². The van der Waals surface area contributed by atoms with E-state index < -0.39 is 0 Å². The number of nitrogens with one attached hydrogen (secondary N) is 1. The fraction of sp³-hybridized carbons (Fsp3) is 0.556. The molecule has 0 radical (unpaired) electrons. The Morgan fingerprint density at radius 2 is 2.08 bits per heavy atom. The Morgan fingerprint density at radius 3 is 2.71 bits per heavy atom. The van der Waals surface area contributed by atoms with Gasteiger partial charge >= 0.3 is 5.97 Å². The predicted octanol–water partition coefficient (Wildman–Crippen LogP) is 2.73. The van der Waals surface area contributed by atoms with Crippen LogP contribution in [0.5, 0.6) is 0 Å². The second-order valence-electron chi connectivity index (χ2n) is 5.86. The molecule has 1 N–H and O–H groups in total. The summed E-state index contributed by atoms with van der Waals surface area (Å²) in [6.45, 7) is 5.20. The highest BCUT2D eigenvalue weighted by atomic mass is 35.5. The van der Waals surface area contributed by atoms with E-state index in [1.54, 1.807) is 0 Å². The van der Waals surface area contributed by atoms with Crippen LogP contribution in [-0.2, 0) is 16.0 Å². The maximum absolute atomic E-state index is 11.6. The number of methoxy groups -OCH3 is 1. The van der Waals surface area contributed by atoms with E-state index in [0.717, 1.165) is 55.4 Å². The van der Waals surface area contributed by atoms with Gasteiger partial charge in [0.25, 0.3) is 0 Å². The molecule has 1 aromatic carbocycles. The Balaban J connectivity index is 1.92. The summed E-state index contributed by atoms with van der Waals surface area (Å²) in [7, 11) is 1.45. The van der Waals surface area contributed by atoms with Gasteiger partial charge < -0.3 is 15.0 Å². The molecular formula is C18H26ClN3O2. The number of carbonyl (C=O) groups is 1. The van der Waals surface area contributed by atoms with E-state index >= 15 is 0 Å². The Kier molecular flexibility index (Phi) is 7.37. The van der Waals surface area contributed by atoms with Gasteiger partial charge in [-0.15, -0.1) is 0 Å². The minimum absolute atomic E-state index is 0.0113. The first-order chi connectivity index (χ1) is 11.7. The summed E-state index contributed by atoms with van der Waals surface area (Å²) in [5.41, 5.74) is 1.11. The predicted molar refractivity (Wildman–Crippen MR) is 97.4 cm³/mol. The smallest absolute Gasteiger partial charge is 0.308 e. The molecule has 2 rings (SSSR count). The summed E-state index contributed by atoms with van der Waals surface area (Å²) >= 11 is 6.19. The Labute approximate surface area is 149 Å². The van der Waals surface area contributed by atoms with Crippen LogP contribution in [0, 0.1) is 5.92 Å². The van der Waals surface area contributed by atoms with Gasteiger partial charge in [0, 0.05) is 31.2 Å². The van der Waals surface area contributed by atoms with Gasteiger partial charge in [0.15, 0.2) is 5.96 Å². The third-order valence-corrected chi connectivity index (χ3v) is 4.63. The van der Waals surface area contributed by atoms with E-state index in [1.807, 2.05) is 24.3 Å². The number of nitrogens with zero attached hydrogens (tertiary/aromatic N) is 2. The SMILES string of the molecule is CCNC(=NCCc1ccccc1Cl)N1CCC(C(=O)OC)CC1. The molecule has 0 spiro atoms. The van der Waals surface area contributed by atoms with Gasteiger partial charge in [-0.2, -0.15) is 0 Å². The largest absolute Gasteiger partial charge is 0.469 e. The Bertz CT molecular complexity index is 569. The maximum atomic E-state index is 11.6. The highest BCUT2D eigenvalue weighted by molar-refractivity contribution is 6.31. The van der Waals surface area contributed by atoms with Crippen molar-refractivity contribution in [1.82, 2.24) is 10.2 Å². The van der Waals surface area contributed by atoms with E-state index in [4.69, 9.17) is 21.3 Å². The molecule has 132 valence electrons. The summed E-state index contributed by atoms with van der Waals surface area (Å²) in [6.07, 6.45) is 2.43. The maximum Gasteiger partial charge on any atom is 0.308 e. The lowest BCUT2D eigenvalue weighted by Gasteiger charge is -2.33. The number of likely N-dealkylation sites (tertiary alicyclic amines) is 1. The van der Waals surface area contributed by atoms with E-state index in [0.29, 0.717) is 6.54 Å². The number of carbonyl (C=O) groups excluding carboxylic acids is 1. The van der Waals surface area contributed by atoms with Crippen LogP contribution >= 0.6 is 11.6 Å². The average Bonchev–Trinajstić information content (AvgIpc) is 2.62. The van der Waals surface area contributed by atoms with Crippen LogP contribution in [0.15, 0.2) is 29.3 Å². The normalized spacial score (nSPS) is 16.1. The van der Waals surface area contributed by atoms with Crippen LogP contribution < -0.4 is 5.32 Å². The summed E-state index contributed by atoms with van der Waals surface area (Å²) in [4.78, 5) is 18.6. The van der Waals surface area contributed by atoms with Crippen molar-refractivity contribution >= 4 is 23.5 Å². The molecule has 24 heavy (non-hydrogen) atoms. The van der Waals surface area contributed by atoms with Crippen LogP contribution in [0.1, 0.15) is 25.3 Å². The van der Waals surface area contributed by atoms with Crippen molar-refractivity contribution in [3.05, 3.63) is 34.9 Å². The summed E-state index contributed by atoms with van der Waals surface area (Å²) in [6, 6.07) is 7.87. The number of hydrogen-bond donors (Lipinski definition) is 1. The lowest BCUT2D eigenvalue weighted by Crippen LogP contribution is -2.46. The van der Waals surface area contributed by atoms with Crippen LogP contribution in [0.3, 0.4) is 0 Å². The number of hydrogen-bond acceptors (Lipinski definition) is 3. The lowest BCUT2D eigenvalue weighted by atomic mass is 9.97. The van der Waals surface area contributed by atoms with Gasteiger partial charge in [-0.25, -0.2) is 0 Å². The van der Waals surface area contributed by atoms with Crippen molar-refractivity contribution in [2.45, 2.75) is 26.2 Å². The molecule has 1 saturated heterocycles. The molecule has 1 aliphatic rings. The number of benzene rings is 1. The molecule has 1 heterocycles. The van der Waals surface area contributed by atoms with Gasteiger partial charge in [0.1, 0.15) is 0 Å². The standard InChI is InChI=1S/C18H26ClN3O2/c1-3-20-18(21-11-8-14-6-4-5-7-16(14)19)22-12-9-15(10-13-22)17(23)24-2/h4-7,15H,3,8-13H2,1-2H3,(H,20,21). The highest BCUT2D eigenvalue weighted by Crippen LogP contribution is 2.19. The summed E-state index contributed by atoms with van der Waals surface area (Å²) in [5, 5.41) is 4.13. The van der Waals surface area contributed by atoms with Crippen LogP contribution in [0.25, 0.3) is 0 Å². The molecule has 0 bridgehead atoms. The van der Waals surface area contributed by atoms with Gasteiger partial charge in [-0.3, -0.25) is 9.79 Å². The van der Waals surface area contributed by atoms with Crippen LogP contribution in [-0.4, -0.2) is 50.1 Å². The zero-order chi connectivity index (χ0) is 17.4. The van der Waals surface area contributed by atoms with Crippen molar-refractivity contribution in [3.8, 4) is 0 Å². The number of halogens is 1. The molecular weight excluding hydrogens is 326 g/mol. The molecule has 1 fully saturated rings. The molecule has 1 aliphatic heterocycles. The average molecular weight is 352 g/mol. The molecule has 5 nitrogen and oxygen atoms in total. The minimum Gasteiger partial charge on any atom is -0.469 e. The first kappa shape index (κ1) is 18.6. The third-order valence-electron chi connectivity index (χ3n) is 4.26. The molecule has 1 aromatic rings. The van der Waals surface area contributed by atoms with Gasteiger partial charge in [0.2, 0.25) is 0 Å². The van der Waals surface area contributed by atoms with Gasteiger partial charge in [0.05, 0.1) is 13.0 Å². The molecule has 6 heteroatoms. The second kappa shape index (κ2) is 9.52. The minimum atomic E-state index is -0.102. The monoisotopic (exact) mass is 351 g/mol. The van der Waals surface area contributed by atoms with Crippen molar-refractivity contribution < 1.29 is 9.53 Å². The molecule has 0 aromatic heterocycles. The van der Waals surface area contributed by atoms with E-state index in [1.165, 1.54) is 7.11 Å².